The summed E-state index contributed by atoms with van der Waals surface area (Å²) in [6.07, 6.45) is -0.321. The molecule has 102 valence electrons. The lowest BCUT2D eigenvalue weighted by atomic mass is 10.4. The molecular weight excluding hydrogens is 285 g/mol. The number of nitrogens with zero attached hydrogens (tertiary/aromatic N) is 2. The molecule has 2 aromatic heterocycles. The van der Waals surface area contributed by atoms with E-state index in [2.05, 4.69) is 14.7 Å². The molecule has 2 N–H and O–H groups in total. The van der Waals surface area contributed by atoms with E-state index in [1.807, 2.05) is 4.98 Å². The van der Waals surface area contributed by atoms with Crippen LogP contribution in [0.15, 0.2) is 35.9 Å². The predicted molar refractivity (Wildman–Crippen MR) is 58.6 cm³/mol. The maximum Gasteiger partial charge on any atom is 0.431 e. The van der Waals surface area contributed by atoms with Crippen LogP contribution in [-0.4, -0.2) is 23.4 Å². The highest BCUT2D eigenvalue weighted by Crippen LogP contribution is 2.29. The van der Waals surface area contributed by atoms with Crippen molar-refractivity contribution in [3.05, 3.63) is 36.7 Å². The summed E-state index contributed by atoms with van der Waals surface area (Å²) in [4.78, 5) is 8.50. The molecule has 6 nitrogen and oxygen atoms in total. The van der Waals surface area contributed by atoms with Gasteiger partial charge in [-0.2, -0.15) is 13.2 Å². The Balaban J connectivity index is 2.28. The van der Waals surface area contributed by atoms with E-state index in [1.54, 1.807) is 0 Å². The molecule has 0 bridgehead atoms. The normalized spacial score (nSPS) is 12.4. The van der Waals surface area contributed by atoms with Crippen LogP contribution in [0.2, 0.25) is 0 Å². The third kappa shape index (κ3) is 3.02. The van der Waals surface area contributed by atoms with E-state index in [1.165, 1.54) is 18.7 Å². The van der Waals surface area contributed by atoms with Crippen molar-refractivity contribution in [1.29, 1.82) is 0 Å². The van der Waals surface area contributed by atoms with Crippen LogP contribution in [0.5, 0.6) is 0 Å². The number of sulfonamides is 1. The van der Waals surface area contributed by atoms with Crippen molar-refractivity contribution in [2.45, 2.75) is 11.1 Å². The minimum Gasteiger partial charge on any atom is -0.356 e. The number of nitrogens with one attached hydrogen (secondary N) is 2. The van der Waals surface area contributed by atoms with Crippen LogP contribution >= 0.6 is 0 Å². The van der Waals surface area contributed by atoms with Gasteiger partial charge in [0.2, 0.25) is 0 Å². The van der Waals surface area contributed by atoms with Gasteiger partial charge in [0.05, 0.1) is 18.1 Å². The van der Waals surface area contributed by atoms with Crippen LogP contribution in [-0.2, 0) is 16.2 Å². The fourth-order valence-electron chi connectivity index (χ4n) is 1.26. The molecule has 0 saturated heterocycles. The second-order valence-electron chi connectivity index (χ2n) is 3.48. The summed E-state index contributed by atoms with van der Waals surface area (Å²) in [6.45, 7) is 0. The lowest BCUT2D eigenvalue weighted by Gasteiger charge is -2.04. The Morgan fingerprint density at radius 2 is 1.84 bits per heavy atom. The topological polar surface area (TPSA) is 87.7 Å². The highest BCUT2D eigenvalue weighted by atomic mass is 32.2. The number of aromatic nitrogens is 3. The molecule has 0 saturated carbocycles. The van der Waals surface area contributed by atoms with Gasteiger partial charge in [-0.05, 0) is 6.07 Å². The molecule has 2 aromatic rings. The van der Waals surface area contributed by atoms with Crippen molar-refractivity contribution in [3.8, 4) is 0 Å². The van der Waals surface area contributed by atoms with Crippen molar-refractivity contribution in [2.75, 3.05) is 4.72 Å². The standard InChI is InChI=1S/C9H7F3N4O2S/c10-9(11,12)8-1-7(4-15-8)19(17,18)16-6-2-13-5-14-3-6/h1-5,15-16H. The van der Waals surface area contributed by atoms with Gasteiger partial charge in [-0.1, -0.05) is 0 Å². The average Bonchev–Trinajstić information content (AvgIpc) is 2.79. The summed E-state index contributed by atoms with van der Waals surface area (Å²) in [5, 5.41) is 0. The largest absolute Gasteiger partial charge is 0.431 e. The highest BCUT2D eigenvalue weighted by molar-refractivity contribution is 7.92. The minimum absolute atomic E-state index is 0.0530. The van der Waals surface area contributed by atoms with Crippen LogP contribution in [0.4, 0.5) is 18.9 Å². The Bertz CT molecular complexity index is 666. The lowest BCUT2D eigenvalue weighted by molar-refractivity contribution is -0.140. The quantitative estimate of drug-likeness (QED) is 0.900. The zero-order valence-corrected chi connectivity index (χ0v) is 9.96. The molecule has 10 heteroatoms. The number of alkyl halides is 3. The molecule has 0 aliphatic heterocycles. The Morgan fingerprint density at radius 3 is 2.37 bits per heavy atom. The first kappa shape index (κ1) is 13.3. The summed E-state index contributed by atoms with van der Waals surface area (Å²) in [5.41, 5.74) is -1.09. The van der Waals surface area contributed by atoms with E-state index >= 15 is 0 Å². The average molecular weight is 292 g/mol. The van der Waals surface area contributed by atoms with E-state index < -0.39 is 26.8 Å². The van der Waals surface area contributed by atoms with E-state index in [0.29, 0.717) is 6.07 Å². The fourth-order valence-corrected chi connectivity index (χ4v) is 2.28. The van der Waals surface area contributed by atoms with Gasteiger partial charge in [-0.3, -0.25) is 4.72 Å². The molecule has 0 aromatic carbocycles. The zero-order chi connectivity index (χ0) is 14.1. The van der Waals surface area contributed by atoms with Crippen LogP contribution < -0.4 is 4.72 Å². The van der Waals surface area contributed by atoms with Crippen LogP contribution in [0.25, 0.3) is 0 Å². The van der Waals surface area contributed by atoms with E-state index in [0.717, 1.165) is 6.20 Å². The van der Waals surface area contributed by atoms with E-state index in [4.69, 9.17) is 0 Å². The molecule has 0 spiro atoms. The van der Waals surface area contributed by atoms with Crippen molar-refractivity contribution in [1.82, 2.24) is 15.0 Å². The molecule has 0 aliphatic rings. The Kier molecular flexibility index (Phi) is 3.18. The first-order chi connectivity index (χ1) is 8.79. The Labute approximate surface area is 105 Å². The van der Waals surface area contributed by atoms with E-state index in [9.17, 15) is 21.6 Å². The van der Waals surface area contributed by atoms with Gasteiger partial charge in [0.1, 0.15) is 16.9 Å². The first-order valence-corrected chi connectivity index (χ1v) is 6.31. The number of halogens is 3. The van der Waals surface area contributed by atoms with Gasteiger partial charge in [-0.15, -0.1) is 0 Å². The molecular formula is C9H7F3N4O2S. The second kappa shape index (κ2) is 4.53. The molecule has 2 rings (SSSR count). The molecule has 0 aliphatic carbocycles. The molecule has 0 amide bonds. The number of hydrogen-bond acceptors (Lipinski definition) is 4. The van der Waals surface area contributed by atoms with Crippen molar-refractivity contribution in [2.24, 2.45) is 0 Å². The SMILES string of the molecule is O=S(=O)(Nc1cncnc1)c1c[nH]c(C(F)(F)F)c1. The Morgan fingerprint density at radius 1 is 1.21 bits per heavy atom. The lowest BCUT2D eigenvalue weighted by Crippen LogP contribution is -2.12. The highest BCUT2D eigenvalue weighted by Gasteiger charge is 2.33. The monoisotopic (exact) mass is 292 g/mol. The van der Waals surface area contributed by atoms with Gasteiger partial charge in [0.25, 0.3) is 10.0 Å². The third-order valence-corrected chi connectivity index (χ3v) is 3.45. The predicted octanol–water partition coefficient (Wildman–Crippen LogP) is 1.62. The zero-order valence-electron chi connectivity index (χ0n) is 9.14. The van der Waals surface area contributed by atoms with Gasteiger partial charge in [0, 0.05) is 6.20 Å². The maximum absolute atomic E-state index is 12.3. The van der Waals surface area contributed by atoms with Crippen molar-refractivity contribution < 1.29 is 21.6 Å². The molecule has 0 unspecified atom stereocenters. The van der Waals surface area contributed by atoms with Gasteiger partial charge in [0.15, 0.2) is 0 Å². The second-order valence-corrected chi connectivity index (χ2v) is 5.16. The van der Waals surface area contributed by atoms with Crippen molar-refractivity contribution in [3.63, 3.8) is 0 Å². The number of anilines is 1. The number of hydrogen-bond donors (Lipinski definition) is 2. The van der Waals surface area contributed by atoms with Gasteiger partial charge < -0.3 is 4.98 Å². The van der Waals surface area contributed by atoms with E-state index in [-0.39, 0.29) is 5.69 Å². The molecule has 19 heavy (non-hydrogen) atoms. The minimum atomic E-state index is -4.64. The fraction of sp³-hybridized carbons (Fsp3) is 0.111. The van der Waals surface area contributed by atoms with Crippen LogP contribution in [0, 0.1) is 0 Å². The summed E-state index contributed by atoms with van der Waals surface area (Å²) >= 11 is 0. The summed E-state index contributed by atoms with van der Waals surface area (Å²) in [7, 11) is -4.11. The molecule has 0 fully saturated rings. The summed E-state index contributed by atoms with van der Waals surface area (Å²) in [5.74, 6) is 0. The smallest absolute Gasteiger partial charge is 0.356 e. The van der Waals surface area contributed by atoms with Gasteiger partial charge >= 0.3 is 6.18 Å². The first-order valence-electron chi connectivity index (χ1n) is 4.82. The summed E-state index contributed by atoms with van der Waals surface area (Å²) in [6, 6.07) is 0.506. The molecule has 0 radical (unpaired) electrons. The van der Waals surface area contributed by atoms with Crippen LogP contribution in [0.3, 0.4) is 0 Å². The number of aromatic amines is 1. The van der Waals surface area contributed by atoms with Gasteiger partial charge in [-0.25, -0.2) is 18.4 Å². The molecule has 0 atom stereocenters. The van der Waals surface area contributed by atoms with Crippen LogP contribution in [0.1, 0.15) is 5.69 Å². The number of H-pyrrole nitrogens is 1. The maximum atomic E-state index is 12.3. The Hall–Kier alpha value is -2.10. The molecule has 2 heterocycles. The number of rotatable bonds is 3. The van der Waals surface area contributed by atoms with Crippen molar-refractivity contribution >= 4 is 15.7 Å². The summed E-state index contributed by atoms with van der Waals surface area (Å²) < 4.78 is 62.7. The third-order valence-electron chi connectivity index (χ3n) is 2.09.